The fourth-order valence-electron chi connectivity index (χ4n) is 4.50. The average molecular weight is 428 g/mol. The zero-order chi connectivity index (χ0) is 21.8. The van der Waals surface area contributed by atoms with Crippen molar-refractivity contribution in [3.05, 3.63) is 60.6 Å². The Kier molecular flexibility index (Phi) is 6.12. The van der Waals surface area contributed by atoms with Crippen LogP contribution in [0.3, 0.4) is 0 Å². The predicted octanol–water partition coefficient (Wildman–Crippen LogP) is 4.88. The molecule has 164 valence electrons. The number of ether oxygens (including phenoxy) is 1. The smallest absolute Gasteiger partial charge is 0.121 e. The first-order valence-corrected chi connectivity index (χ1v) is 11.5. The number of unbranched alkanes of at least 4 members (excludes halogenated alkanes) is 2. The minimum Gasteiger partial charge on any atom is -0.494 e. The summed E-state index contributed by atoms with van der Waals surface area (Å²) in [4.78, 5) is 9.23. The van der Waals surface area contributed by atoms with Gasteiger partial charge in [-0.1, -0.05) is 6.07 Å². The van der Waals surface area contributed by atoms with E-state index in [1.54, 1.807) is 0 Å². The van der Waals surface area contributed by atoms with E-state index < -0.39 is 0 Å². The van der Waals surface area contributed by atoms with Crippen LogP contribution in [-0.2, 0) is 13.0 Å². The summed E-state index contributed by atoms with van der Waals surface area (Å²) in [7, 11) is 1.99. The van der Waals surface area contributed by atoms with Gasteiger partial charge in [-0.15, -0.1) is 0 Å². The second kappa shape index (κ2) is 9.49. The number of hydrogen-bond donors (Lipinski definition) is 1. The van der Waals surface area contributed by atoms with Gasteiger partial charge in [-0.2, -0.15) is 5.10 Å². The second-order valence-electron chi connectivity index (χ2n) is 8.26. The molecule has 0 amide bonds. The Hall–Kier alpha value is -3.25. The maximum atomic E-state index is 6.01. The standard InChI is InChI=1S/C26H29N5O/c1-27-13-4-2-6-17-32-19-10-11-20-21(12-15-29-23(20)18-19)25-24-9-7-16-31(24)30-26(25)22-8-3-5-14-28-22/h3,5,8,10-12,14-15,18,27H,2,4,6-7,9,13,16-17H2,1H3. The Morgan fingerprint density at radius 1 is 1.03 bits per heavy atom. The third-order valence-corrected chi connectivity index (χ3v) is 6.07. The first-order valence-electron chi connectivity index (χ1n) is 11.5. The highest BCUT2D eigenvalue weighted by atomic mass is 16.5. The number of benzene rings is 1. The van der Waals surface area contributed by atoms with Gasteiger partial charge in [-0.3, -0.25) is 14.6 Å². The zero-order valence-electron chi connectivity index (χ0n) is 18.6. The Morgan fingerprint density at radius 3 is 2.88 bits per heavy atom. The van der Waals surface area contributed by atoms with Gasteiger partial charge in [0, 0.05) is 41.6 Å². The van der Waals surface area contributed by atoms with Gasteiger partial charge in [0.1, 0.15) is 11.4 Å². The van der Waals surface area contributed by atoms with E-state index >= 15 is 0 Å². The van der Waals surface area contributed by atoms with Crippen molar-refractivity contribution in [1.29, 1.82) is 0 Å². The van der Waals surface area contributed by atoms with Gasteiger partial charge in [-0.05, 0) is 81.6 Å². The Morgan fingerprint density at radius 2 is 2.00 bits per heavy atom. The molecule has 4 heterocycles. The molecule has 0 fully saturated rings. The quantitative estimate of drug-likeness (QED) is 0.386. The molecule has 0 saturated carbocycles. The first-order chi connectivity index (χ1) is 15.8. The van der Waals surface area contributed by atoms with Crippen LogP contribution >= 0.6 is 0 Å². The lowest BCUT2D eigenvalue weighted by Gasteiger charge is -2.11. The van der Waals surface area contributed by atoms with Crippen LogP contribution in [0, 0.1) is 0 Å². The highest BCUT2D eigenvalue weighted by Crippen LogP contribution is 2.40. The molecule has 1 aromatic carbocycles. The summed E-state index contributed by atoms with van der Waals surface area (Å²) >= 11 is 0. The van der Waals surface area contributed by atoms with Crippen molar-refractivity contribution in [1.82, 2.24) is 25.1 Å². The van der Waals surface area contributed by atoms with Gasteiger partial charge >= 0.3 is 0 Å². The summed E-state index contributed by atoms with van der Waals surface area (Å²) in [6.45, 7) is 2.75. The number of aryl methyl sites for hydroxylation is 1. The number of fused-ring (bicyclic) bond motifs is 2. The maximum absolute atomic E-state index is 6.01. The monoisotopic (exact) mass is 427 g/mol. The largest absolute Gasteiger partial charge is 0.494 e. The van der Waals surface area contributed by atoms with Crippen LogP contribution in [-0.4, -0.2) is 39.9 Å². The van der Waals surface area contributed by atoms with Crippen LogP contribution < -0.4 is 10.1 Å². The first kappa shape index (κ1) is 20.6. The molecule has 1 aliphatic rings. The molecule has 0 saturated heterocycles. The summed E-state index contributed by atoms with van der Waals surface area (Å²) in [6.07, 6.45) is 9.29. The fraction of sp³-hybridized carbons (Fsp3) is 0.346. The molecular weight excluding hydrogens is 398 g/mol. The Labute approximate surface area is 188 Å². The molecule has 0 unspecified atom stereocenters. The number of rotatable bonds is 9. The molecule has 32 heavy (non-hydrogen) atoms. The molecule has 1 N–H and O–H groups in total. The van der Waals surface area contributed by atoms with Crippen molar-refractivity contribution < 1.29 is 4.74 Å². The van der Waals surface area contributed by atoms with Gasteiger partial charge < -0.3 is 10.1 Å². The molecule has 1 aliphatic heterocycles. The zero-order valence-corrected chi connectivity index (χ0v) is 18.6. The lowest BCUT2D eigenvalue weighted by molar-refractivity contribution is 0.305. The number of aromatic nitrogens is 4. The number of nitrogens with one attached hydrogen (secondary N) is 1. The van der Waals surface area contributed by atoms with E-state index in [9.17, 15) is 0 Å². The molecule has 0 bridgehead atoms. The van der Waals surface area contributed by atoms with Crippen LogP contribution in [0.5, 0.6) is 5.75 Å². The molecule has 0 spiro atoms. The van der Waals surface area contributed by atoms with Crippen molar-refractivity contribution in [3.63, 3.8) is 0 Å². The minimum absolute atomic E-state index is 0.732. The predicted molar refractivity (Wildman–Crippen MR) is 128 cm³/mol. The molecule has 6 nitrogen and oxygen atoms in total. The molecule has 0 radical (unpaired) electrons. The molecule has 0 atom stereocenters. The molecule has 4 aromatic rings. The van der Waals surface area contributed by atoms with Gasteiger partial charge in [0.25, 0.3) is 0 Å². The van der Waals surface area contributed by atoms with Crippen molar-refractivity contribution in [2.24, 2.45) is 0 Å². The van der Waals surface area contributed by atoms with Crippen LogP contribution in [0.25, 0.3) is 33.4 Å². The van der Waals surface area contributed by atoms with E-state index in [0.717, 1.165) is 72.6 Å². The summed E-state index contributed by atoms with van der Waals surface area (Å²) in [6, 6.07) is 14.3. The lowest BCUT2D eigenvalue weighted by Crippen LogP contribution is -2.07. The molecule has 0 aliphatic carbocycles. The third-order valence-electron chi connectivity index (χ3n) is 6.07. The molecular formula is C26H29N5O. The topological polar surface area (TPSA) is 64.9 Å². The third kappa shape index (κ3) is 4.10. The van der Waals surface area contributed by atoms with Crippen LogP contribution in [0.4, 0.5) is 0 Å². The minimum atomic E-state index is 0.732. The van der Waals surface area contributed by atoms with E-state index in [4.69, 9.17) is 9.84 Å². The van der Waals surface area contributed by atoms with Crippen LogP contribution in [0.15, 0.2) is 54.9 Å². The van der Waals surface area contributed by atoms with Crippen LogP contribution in [0.2, 0.25) is 0 Å². The Bertz CT molecular complexity index is 1200. The van der Waals surface area contributed by atoms with Gasteiger partial charge in [0.15, 0.2) is 0 Å². The fourth-order valence-corrected chi connectivity index (χ4v) is 4.50. The summed E-state index contributed by atoms with van der Waals surface area (Å²) < 4.78 is 8.16. The van der Waals surface area contributed by atoms with Gasteiger partial charge in [0.05, 0.1) is 17.8 Å². The molecule has 3 aromatic heterocycles. The van der Waals surface area contributed by atoms with Crippen molar-refractivity contribution in [3.8, 4) is 28.3 Å². The van der Waals surface area contributed by atoms with E-state index in [-0.39, 0.29) is 0 Å². The summed E-state index contributed by atoms with van der Waals surface area (Å²) in [5.41, 5.74) is 6.45. The summed E-state index contributed by atoms with van der Waals surface area (Å²) in [5.74, 6) is 0.876. The van der Waals surface area contributed by atoms with E-state index in [2.05, 4.69) is 44.2 Å². The van der Waals surface area contributed by atoms with Crippen molar-refractivity contribution in [2.45, 2.75) is 38.6 Å². The lowest BCUT2D eigenvalue weighted by atomic mass is 9.96. The van der Waals surface area contributed by atoms with E-state index in [1.807, 2.05) is 37.6 Å². The summed E-state index contributed by atoms with van der Waals surface area (Å²) in [5, 5.41) is 9.24. The van der Waals surface area contributed by atoms with Crippen molar-refractivity contribution in [2.75, 3.05) is 20.2 Å². The highest BCUT2D eigenvalue weighted by Gasteiger charge is 2.25. The highest BCUT2D eigenvalue weighted by molar-refractivity contribution is 5.99. The average Bonchev–Trinajstić information content (AvgIpc) is 3.43. The van der Waals surface area contributed by atoms with Crippen LogP contribution in [0.1, 0.15) is 31.4 Å². The normalized spacial score (nSPS) is 12.9. The Balaban J connectivity index is 1.47. The maximum Gasteiger partial charge on any atom is 0.121 e. The second-order valence-corrected chi connectivity index (χ2v) is 8.26. The van der Waals surface area contributed by atoms with E-state index in [0.29, 0.717) is 0 Å². The SMILES string of the molecule is CNCCCCCOc1ccc2c(-c3c(-c4ccccn4)nn4c3CCC4)ccnc2c1. The van der Waals surface area contributed by atoms with E-state index in [1.165, 1.54) is 24.1 Å². The molecule has 6 heteroatoms. The number of hydrogen-bond acceptors (Lipinski definition) is 5. The van der Waals surface area contributed by atoms with Crippen molar-refractivity contribution >= 4 is 10.9 Å². The van der Waals surface area contributed by atoms with Gasteiger partial charge in [0.2, 0.25) is 0 Å². The number of nitrogens with zero attached hydrogens (tertiary/aromatic N) is 4. The number of pyridine rings is 2. The molecule has 5 rings (SSSR count). The van der Waals surface area contributed by atoms with Gasteiger partial charge in [-0.25, -0.2) is 0 Å².